The van der Waals surface area contributed by atoms with Crippen molar-refractivity contribution in [3.05, 3.63) is 41.1 Å². The average Bonchev–Trinajstić information content (AvgIpc) is 2.67. The molecule has 0 unspecified atom stereocenters. The van der Waals surface area contributed by atoms with Gasteiger partial charge in [0.2, 0.25) is 0 Å². The summed E-state index contributed by atoms with van der Waals surface area (Å²) in [5.74, 6) is 0.568. The van der Waals surface area contributed by atoms with Crippen molar-refractivity contribution in [3.8, 4) is 11.3 Å². The number of rotatable bonds is 4. The summed E-state index contributed by atoms with van der Waals surface area (Å²) in [5.41, 5.74) is 6.15. The van der Waals surface area contributed by atoms with Crippen molar-refractivity contribution in [3.63, 3.8) is 0 Å². The molecule has 1 N–H and O–H groups in total. The summed E-state index contributed by atoms with van der Waals surface area (Å²) in [6.45, 7) is 7.42. The fraction of sp³-hybridized carbons (Fsp3) is 0.438. The molecule has 0 fully saturated rings. The van der Waals surface area contributed by atoms with Crippen LogP contribution in [0.5, 0.6) is 0 Å². The van der Waals surface area contributed by atoms with Crippen LogP contribution >= 0.6 is 0 Å². The standard InChI is InChI=1S/C16H23N3/c1-11(2)13-6-8-14(9-7-13)16-12(3)15(10-17-4)19(5)18-16/h6-9,11,17H,10H2,1-5H3. The van der Waals surface area contributed by atoms with Crippen LogP contribution in [0.4, 0.5) is 0 Å². The molecule has 0 aliphatic heterocycles. The van der Waals surface area contributed by atoms with Crippen LogP contribution in [0.15, 0.2) is 24.3 Å². The van der Waals surface area contributed by atoms with Gasteiger partial charge in [-0.05, 0) is 31.0 Å². The molecule has 2 rings (SSSR count). The largest absolute Gasteiger partial charge is 0.314 e. The predicted molar refractivity (Wildman–Crippen MR) is 80.2 cm³/mol. The third-order valence-electron chi connectivity index (χ3n) is 3.62. The van der Waals surface area contributed by atoms with Crippen molar-refractivity contribution >= 4 is 0 Å². The Kier molecular flexibility index (Phi) is 4.05. The molecule has 3 heteroatoms. The van der Waals surface area contributed by atoms with E-state index in [9.17, 15) is 0 Å². The van der Waals surface area contributed by atoms with Crippen LogP contribution in [0.25, 0.3) is 11.3 Å². The molecule has 0 saturated heterocycles. The Morgan fingerprint density at radius 3 is 2.37 bits per heavy atom. The normalized spacial score (nSPS) is 11.3. The van der Waals surface area contributed by atoms with Crippen LogP contribution in [0, 0.1) is 6.92 Å². The topological polar surface area (TPSA) is 29.9 Å². The number of hydrogen-bond donors (Lipinski definition) is 1. The molecule has 2 aromatic rings. The lowest BCUT2D eigenvalue weighted by Crippen LogP contribution is -2.10. The minimum Gasteiger partial charge on any atom is -0.314 e. The van der Waals surface area contributed by atoms with Gasteiger partial charge in [0.25, 0.3) is 0 Å². The zero-order valence-corrected chi connectivity index (χ0v) is 12.5. The van der Waals surface area contributed by atoms with Gasteiger partial charge in [0.1, 0.15) is 0 Å². The maximum atomic E-state index is 4.65. The Morgan fingerprint density at radius 2 is 1.84 bits per heavy atom. The second-order valence-corrected chi connectivity index (χ2v) is 5.35. The van der Waals surface area contributed by atoms with Gasteiger partial charge in [0.05, 0.1) is 11.4 Å². The van der Waals surface area contributed by atoms with E-state index in [2.05, 4.69) is 55.5 Å². The maximum Gasteiger partial charge on any atom is 0.0955 e. The van der Waals surface area contributed by atoms with Crippen molar-refractivity contribution in [2.45, 2.75) is 33.2 Å². The average molecular weight is 257 g/mol. The van der Waals surface area contributed by atoms with Crippen LogP contribution in [0.1, 0.15) is 36.6 Å². The molecule has 0 amide bonds. The van der Waals surface area contributed by atoms with Gasteiger partial charge in [-0.2, -0.15) is 5.10 Å². The first-order valence-electron chi connectivity index (χ1n) is 6.82. The molecule has 102 valence electrons. The molecule has 0 aliphatic rings. The lowest BCUT2D eigenvalue weighted by molar-refractivity contribution is 0.671. The highest BCUT2D eigenvalue weighted by Gasteiger charge is 2.13. The number of benzene rings is 1. The molecule has 0 saturated carbocycles. The number of aromatic nitrogens is 2. The lowest BCUT2D eigenvalue weighted by Gasteiger charge is -2.06. The Labute approximate surface area is 115 Å². The van der Waals surface area contributed by atoms with Crippen molar-refractivity contribution in [1.29, 1.82) is 0 Å². The highest BCUT2D eigenvalue weighted by atomic mass is 15.3. The van der Waals surface area contributed by atoms with Gasteiger partial charge in [0, 0.05) is 19.2 Å². The number of hydrogen-bond acceptors (Lipinski definition) is 2. The van der Waals surface area contributed by atoms with Crippen molar-refractivity contribution < 1.29 is 0 Å². The Hall–Kier alpha value is -1.61. The minimum absolute atomic E-state index is 0.568. The Morgan fingerprint density at radius 1 is 1.21 bits per heavy atom. The van der Waals surface area contributed by atoms with E-state index in [-0.39, 0.29) is 0 Å². The predicted octanol–water partition coefficient (Wildman–Crippen LogP) is 3.24. The first-order valence-corrected chi connectivity index (χ1v) is 6.82. The van der Waals surface area contributed by atoms with Gasteiger partial charge < -0.3 is 5.32 Å². The zero-order valence-electron chi connectivity index (χ0n) is 12.5. The van der Waals surface area contributed by atoms with E-state index in [0.717, 1.165) is 12.2 Å². The van der Waals surface area contributed by atoms with Crippen LogP contribution in [-0.2, 0) is 13.6 Å². The summed E-state index contributed by atoms with van der Waals surface area (Å²) < 4.78 is 1.97. The van der Waals surface area contributed by atoms with E-state index in [1.54, 1.807) is 0 Å². The molecule has 1 heterocycles. The molecule has 1 aromatic carbocycles. The van der Waals surface area contributed by atoms with E-state index in [0.29, 0.717) is 5.92 Å². The van der Waals surface area contributed by atoms with Crippen molar-refractivity contribution in [1.82, 2.24) is 15.1 Å². The third-order valence-corrected chi connectivity index (χ3v) is 3.62. The third kappa shape index (κ3) is 2.71. The highest BCUT2D eigenvalue weighted by Crippen LogP contribution is 2.26. The molecule has 3 nitrogen and oxygen atoms in total. The van der Waals surface area contributed by atoms with E-state index < -0.39 is 0 Å². The molecule has 1 aromatic heterocycles. The van der Waals surface area contributed by atoms with Crippen LogP contribution in [0.2, 0.25) is 0 Å². The smallest absolute Gasteiger partial charge is 0.0955 e. The summed E-state index contributed by atoms with van der Waals surface area (Å²) in [4.78, 5) is 0. The van der Waals surface area contributed by atoms with E-state index in [1.807, 2.05) is 18.8 Å². The summed E-state index contributed by atoms with van der Waals surface area (Å²) in [6, 6.07) is 8.75. The second-order valence-electron chi connectivity index (χ2n) is 5.35. The molecule has 0 aliphatic carbocycles. The van der Waals surface area contributed by atoms with E-state index in [4.69, 9.17) is 0 Å². The molecule has 0 spiro atoms. The van der Waals surface area contributed by atoms with Gasteiger partial charge >= 0.3 is 0 Å². The van der Waals surface area contributed by atoms with Gasteiger partial charge in [-0.3, -0.25) is 4.68 Å². The minimum atomic E-state index is 0.568. The maximum absolute atomic E-state index is 4.65. The molecular formula is C16H23N3. The molecular weight excluding hydrogens is 234 g/mol. The zero-order chi connectivity index (χ0) is 14.0. The number of nitrogens with one attached hydrogen (secondary N) is 1. The SMILES string of the molecule is CNCc1c(C)c(-c2ccc(C(C)C)cc2)nn1C. The number of aryl methyl sites for hydroxylation is 1. The second kappa shape index (κ2) is 5.57. The van der Waals surface area contributed by atoms with Crippen LogP contribution in [0.3, 0.4) is 0 Å². The molecule has 19 heavy (non-hydrogen) atoms. The molecule has 0 radical (unpaired) electrons. The fourth-order valence-corrected chi connectivity index (χ4v) is 2.38. The molecule has 0 atom stereocenters. The van der Waals surface area contributed by atoms with Crippen molar-refractivity contribution in [2.24, 2.45) is 7.05 Å². The van der Waals surface area contributed by atoms with Gasteiger partial charge in [-0.15, -0.1) is 0 Å². The van der Waals surface area contributed by atoms with E-state index >= 15 is 0 Å². The van der Waals surface area contributed by atoms with Gasteiger partial charge in [-0.25, -0.2) is 0 Å². The molecule has 0 bridgehead atoms. The first-order chi connectivity index (χ1) is 9.04. The Bertz CT molecular complexity index is 550. The number of nitrogens with zero attached hydrogens (tertiary/aromatic N) is 2. The summed E-state index contributed by atoms with van der Waals surface area (Å²) >= 11 is 0. The van der Waals surface area contributed by atoms with Crippen LogP contribution < -0.4 is 5.32 Å². The highest BCUT2D eigenvalue weighted by molar-refractivity contribution is 5.64. The fourth-order valence-electron chi connectivity index (χ4n) is 2.38. The van der Waals surface area contributed by atoms with Crippen molar-refractivity contribution in [2.75, 3.05) is 7.05 Å². The van der Waals surface area contributed by atoms with Gasteiger partial charge in [-0.1, -0.05) is 38.1 Å². The summed E-state index contributed by atoms with van der Waals surface area (Å²) in [6.07, 6.45) is 0. The monoisotopic (exact) mass is 257 g/mol. The first kappa shape index (κ1) is 13.8. The lowest BCUT2D eigenvalue weighted by atomic mass is 9.99. The van der Waals surface area contributed by atoms with Crippen LogP contribution in [-0.4, -0.2) is 16.8 Å². The Balaban J connectivity index is 2.39. The summed E-state index contributed by atoms with van der Waals surface area (Å²) in [7, 11) is 3.97. The quantitative estimate of drug-likeness (QED) is 0.911. The summed E-state index contributed by atoms with van der Waals surface area (Å²) in [5, 5.41) is 7.84. The van der Waals surface area contributed by atoms with E-state index in [1.165, 1.54) is 22.4 Å². The van der Waals surface area contributed by atoms with Gasteiger partial charge in [0.15, 0.2) is 0 Å².